The Morgan fingerprint density at radius 1 is 1.48 bits per heavy atom. The highest BCUT2D eigenvalue weighted by Crippen LogP contribution is 2.22. The Morgan fingerprint density at radius 2 is 2.10 bits per heavy atom. The van der Waals surface area contributed by atoms with Crippen molar-refractivity contribution in [1.29, 1.82) is 0 Å². The molecule has 0 spiro atoms. The number of carbonyl (C=O) groups is 1. The third-order valence-corrected chi connectivity index (χ3v) is 4.50. The van der Waals surface area contributed by atoms with Crippen molar-refractivity contribution in [3.63, 3.8) is 0 Å². The second-order valence-corrected chi connectivity index (χ2v) is 7.28. The number of halogens is 1. The van der Waals surface area contributed by atoms with Gasteiger partial charge in [0.15, 0.2) is 0 Å². The Bertz CT molecular complexity index is 631. The molecule has 1 amide bonds. The maximum Gasteiger partial charge on any atom is 0.242 e. The Morgan fingerprint density at radius 3 is 2.57 bits per heavy atom. The minimum absolute atomic E-state index is 0.0746. The number of aromatic nitrogens is 1. The lowest BCUT2D eigenvalue weighted by atomic mass is 9.93. The number of pyridine rings is 1. The molecule has 0 saturated carbocycles. The van der Waals surface area contributed by atoms with Crippen LogP contribution in [0.2, 0.25) is 5.02 Å². The molecule has 118 valence electrons. The van der Waals surface area contributed by atoms with Gasteiger partial charge in [-0.1, -0.05) is 11.6 Å². The van der Waals surface area contributed by atoms with E-state index in [1.165, 1.54) is 12.3 Å². The summed E-state index contributed by atoms with van der Waals surface area (Å²) < 4.78 is 26.6. The zero-order chi connectivity index (χ0) is 16.3. The minimum atomic E-state index is -3.81. The van der Waals surface area contributed by atoms with Gasteiger partial charge in [-0.15, -0.1) is 0 Å². The van der Waals surface area contributed by atoms with Crippen LogP contribution >= 0.6 is 11.6 Å². The number of sulfonamides is 1. The second kappa shape index (κ2) is 6.59. The number of anilines is 1. The molecule has 21 heavy (non-hydrogen) atoms. The van der Waals surface area contributed by atoms with Crippen molar-refractivity contribution >= 4 is 33.3 Å². The van der Waals surface area contributed by atoms with Crippen LogP contribution in [0.25, 0.3) is 0 Å². The first kappa shape index (κ1) is 17.7. The average molecular weight is 335 g/mol. The van der Waals surface area contributed by atoms with Crippen LogP contribution in [0.3, 0.4) is 0 Å². The van der Waals surface area contributed by atoms with Gasteiger partial charge in [-0.25, -0.2) is 18.1 Å². The maximum atomic E-state index is 12.1. The summed E-state index contributed by atoms with van der Waals surface area (Å²) in [6, 6.07) is 1.30. The van der Waals surface area contributed by atoms with Crippen molar-refractivity contribution in [2.24, 2.45) is 11.1 Å². The summed E-state index contributed by atoms with van der Waals surface area (Å²) in [4.78, 5) is 15.1. The molecule has 0 bridgehead atoms. The van der Waals surface area contributed by atoms with Crippen LogP contribution in [-0.4, -0.2) is 32.4 Å². The van der Waals surface area contributed by atoms with Gasteiger partial charge in [0, 0.05) is 19.3 Å². The van der Waals surface area contributed by atoms with Crippen LogP contribution in [0, 0.1) is 5.41 Å². The standard InChI is InChI=1S/C12H19ClN4O3S/c1-4-15-10-9(13)5-8(6-16-10)21(19,20)17-7-12(2,3)11(14)18/h5-6,17H,4,7H2,1-3H3,(H2,14,18)(H,15,16). The first-order valence-electron chi connectivity index (χ1n) is 6.29. The molecule has 0 aliphatic rings. The van der Waals surface area contributed by atoms with Crippen molar-refractivity contribution in [3.05, 3.63) is 17.3 Å². The number of nitrogens with one attached hydrogen (secondary N) is 2. The number of nitrogens with zero attached hydrogens (tertiary/aromatic N) is 1. The molecule has 0 aliphatic carbocycles. The van der Waals surface area contributed by atoms with E-state index in [4.69, 9.17) is 17.3 Å². The number of rotatable bonds is 7. The minimum Gasteiger partial charge on any atom is -0.369 e. The SMILES string of the molecule is CCNc1ncc(S(=O)(=O)NCC(C)(C)C(N)=O)cc1Cl. The van der Waals surface area contributed by atoms with E-state index in [1.807, 2.05) is 6.92 Å². The second-order valence-electron chi connectivity index (χ2n) is 5.10. The Balaban J connectivity index is 2.94. The van der Waals surface area contributed by atoms with E-state index in [0.29, 0.717) is 12.4 Å². The summed E-state index contributed by atoms with van der Waals surface area (Å²) in [5.41, 5.74) is 4.21. The number of carbonyl (C=O) groups excluding carboxylic acids is 1. The van der Waals surface area contributed by atoms with E-state index in [9.17, 15) is 13.2 Å². The topological polar surface area (TPSA) is 114 Å². The van der Waals surface area contributed by atoms with E-state index in [1.54, 1.807) is 13.8 Å². The predicted molar refractivity (Wildman–Crippen MR) is 81.6 cm³/mol. The fourth-order valence-corrected chi connectivity index (χ4v) is 2.79. The third kappa shape index (κ3) is 4.55. The van der Waals surface area contributed by atoms with Crippen LogP contribution in [-0.2, 0) is 14.8 Å². The fraction of sp³-hybridized carbons (Fsp3) is 0.500. The van der Waals surface area contributed by atoms with Crippen molar-refractivity contribution in [2.45, 2.75) is 25.7 Å². The summed E-state index contributed by atoms with van der Waals surface area (Å²) in [6.07, 6.45) is 1.20. The van der Waals surface area contributed by atoms with E-state index in [0.717, 1.165) is 0 Å². The van der Waals surface area contributed by atoms with Gasteiger partial charge in [0.2, 0.25) is 15.9 Å². The predicted octanol–water partition coefficient (Wildman–Crippen LogP) is 0.957. The highest BCUT2D eigenvalue weighted by atomic mass is 35.5. The van der Waals surface area contributed by atoms with Crippen molar-refractivity contribution in [3.8, 4) is 0 Å². The molecule has 0 fully saturated rings. The van der Waals surface area contributed by atoms with Gasteiger partial charge in [-0.05, 0) is 26.8 Å². The zero-order valence-electron chi connectivity index (χ0n) is 12.1. The van der Waals surface area contributed by atoms with E-state index < -0.39 is 21.3 Å². The lowest BCUT2D eigenvalue weighted by Gasteiger charge is -2.20. The van der Waals surface area contributed by atoms with Gasteiger partial charge < -0.3 is 11.1 Å². The van der Waals surface area contributed by atoms with Crippen LogP contribution in [0.15, 0.2) is 17.2 Å². The molecule has 0 radical (unpaired) electrons. The van der Waals surface area contributed by atoms with E-state index in [2.05, 4.69) is 15.0 Å². The Hall–Kier alpha value is -1.38. The molecule has 1 aromatic rings. The zero-order valence-corrected chi connectivity index (χ0v) is 13.7. The molecule has 0 unspecified atom stereocenters. The summed E-state index contributed by atoms with van der Waals surface area (Å²) in [5, 5.41) is 3.11. The van der Waals surface area contributed by atoms with Crippen molar-refractivity contribution in [2.75, 3.05) is 18.4 Å². The monoisotopic (exact) mass is 334 g/mol. The van der Waals surface area contributed by atoms with Crippen LogP contribution in [0.4, 0.5) is 5.82 Å². The number of nitrogens with two attached hydrogens (primary N) is 1. The smallest absolute Gasteiger partial charge is 0.242 e. The molecule has 1 aromatic heterocycles. The molecular weight excluding hydrogens is 316 g/mol. The highest BCUT2D eigenvalue weighted by molar-refractivity contribution is 7.89. The summed E-state index contributed by atoms with van der Waals surface area (Å²) in [7, 11) is -3.81. The number of hydrogen-bond donors (Lipinski definition) is 3. The quantitative estimate of drug-likeness (QED) is 0.687. The lowest BCUT2D eigenvalue weighted by molar-refractivity contribution is -0.125. The first-order chi connectivity index (χ1) is 9.60. The van der Waals surface area contributed by atoms with Gasteiger partial charge in [0.25, 0.3) is 0 Å². The largest absolute Gasteiger partial charge is 0.369 e. The molecule has 0 saturated heterocycles. The number of primary amides is 1. The molecular formula is C12H19ClN4O3S. The van der Waals surface area contributed by atoms with Gasteiger partial charge in [0.05, 0.1) is 10.4 Å². The Labute approximate surface area is 129 Å². The molecule has 7 nitrogen and oxygen atoms in total. The van der Waals surface area contributed by atoms with Crippen LogP contribution in [0.5, 0.6) is 0 Å². The summed E-state index contributed by atoms with van der Waals surface area (Å²) in [5.74, 6) is -0.181. The van der Waals surface area contributed by atoms with Gasteiger partial charge in [-0.3, -0.25) is 4.79 Å². The Kier molecular flexibility index (Phi) is 5.54. The number of amides is 1. The molecule has 4 N–H and O–H groups in total. The fourth-order valence-electron chi connectivity index (χ4n) is 1.31. The van der Waals surface area contributed by atoms with E-state index >= 15 is 0 Å². The molecule has 0 atom stereocenters. The molecule has 0 aromatic carbocycles. The van der Waals surface area contributed by atoms with Crippen LogP contribution in [0.1, 0.15) is 20.8 Å². The van der Waals surface area contributed by atoms with Gasteiger partial charge in [0.1, 0.15) is 10.7 Å². The summed E-state index contributed by atoms with van der Waals surface area (Å²) in [6.45, 7) is 5.48. The lowest BCUT2D eigenvalue weighted by Crippen LogP contribution is -2.42. The third-order valence-electron chi connectivity index (χ3n) is 2.84. The maximum absolute atomic E-state index is 12.1. The molecule has 1 rings (SSSR count). The van der Waals surface area contributed by atoms with Crippen molar-refractivity contribution < 1.29 is 13.2 Å². The summed E-state index contributed by atoms with van der Waals surface area (Å²) >= 11 is 5.96. The van der Waals surface area contributed by atoms with E-state index in [-0.39, 0.29) is 16.5 Å². The van der Waals surface area contributed by atoms with Gasteiger partial charge in [-0.2, -0.15) is 0 Å². The first-order valence-corrected chi connectivity index (χ1v) is 8.15. The highest BCUT2D eigenvalue weighted by Gasteiger charge is 2.28. The van der Waals surface area contributed by atoms with Crippen molar-refractivity contribution in [1.82, 2.24) is 9.71 Å². The molecule has 0 aliphatic heterocycles. The molecule has 9 heteroatoms. The number of hydrogen-bond acceptors (Lipinski definition) is 5. The van der Waals surface area contributed by atoms with Crippen LogP contribution < -0.4 is 15.8 Å². The average Bonchev–Trinajstić information content (AvgIpc) is 2.39. The van der Waals surface area contributed by atoms with Gasteiger partial charge >= 0.3 is 0 Å². The normalized spacial score (nSPS) is 12.2. The molecule has 1 heterocycles.